The fraction of sp³-hybridized carbons (Fsp3) is 0.462. The Hall–Kier alpha value is -0.610. The zero-order valence-corrected chi connectivity index (χ0v) is 11.4. The normalized spacial score (nSPS) is 23.3. The van der Waals surface area contributed by atoms with Gasteiger partial charge in [0.15, 0.2) is 5.78 Å². The van der Waals surface area contributed by atoms with Crippen molar-refractivity contribution in [3.05, 3.63) is 33.8 Å². The number of hydrogen-bond acceptors (Lipinski definition) is 3. The van der Waals surface area contributed by atoms with Gasteiger partial charge in [-0.1, -0.05) is 29.3 Å². The second kappa shape index (κ2) is 6.02. The lowest BCUT2D eigenvalue weighted by Crippen LogP contribution is -2.26. The first-order valence-electron chi connectivity index (χ1n) is 5.93. The average Bonchev–Trinajstić information content (AvgIpc) is 2.82. The van der Waals surface area contributed by atoms with E-state index in [1.807, 2.05) is 0 Å². The largest absolute Gasteiger partial charge is 0.366 e. The summed E-state index contributed by atoms with van der Waals surface area (Å²) in [5.41, 5.74) is 6.19. The maximum absolute atomic E-state index is 12.1. The van der Waals surface area contributed by atoms with E-state index in [-0.39, 0.29) is 24.4 Å². The fourth-order valence-electron chi connectivity index (χ4n) is 2.11. The van der Waals surface area contributed by atoms with Crippen molar-refractivity contribution >= 4 is 29.0 Å². The predicted octanol–water partition coefficient (Wildman–Crippen LogP) is 2.61. The van der Waals surface area contributed by atoms with Crippen molar-refractivity contribution in [2.24, 2.45) is 5.73 Å². The molecule has 0 spiro atoms. The van der Waals surface area contributed by atoms with Crippen molar-refractivity contribution in [2.45, 2.75) is 31.5 Å². The van der Waals surface area contributed by atoms with Gasteiger partial charge in [-0.25, -0.2) is 0 Å². The monoisotopic (exact) mass is 287 g/mol. The van der Waals surface area contributed by atoms with Gasteiger partial charge in [-0.05, 0) is 30.5 Å². The van der Waals surface area contributed by atoms with Gasteiger partial charge in [0.1, 0.15) is 6.10 Å². The summed E-state index contributed by atoms with van der Waals surface area (Å²) in [6.07, 6.45) is 1.40. The molecule has 0 saturated carbocycles. The molecule has 2 atom stereocenters. The minimum atomic E-state index is -0.370. The molecule has 0 bridgehead atoms. The number of nitrogens with two attached hydrogens (primary N) is 1. The summed E-state index contributed by atoms with van der Waals surface area (Å²) < 4.78 is 5.56. The molecule has 5 heteroatoms. The van der Waals surface area contributed by atoms with Crippen molar-refractivity contribution in [3.63, 3.8) is 0 Å². The van der Waals surface area contributed by atoms with Crippen molar-refractivity contribution in [1.29, 1.82) is 0 Å². The van der Waals surface area contributed by atoms with Crippen LogP contribution < -0.4 is 5.73 Å². The maximum atomic E-state index is 12.1. The van der Waals surface area contributed by atoms with Gasteiger partial charge >= 0.3 is 0 Å². The molecule has 0 radical (unpaired) electrons. The van der Waals surface area contributed by atoms with Crippen LogP contribution in [0.5, 0.6) is 0 Å². The Labute approximate surface area is 116 Å². The summed E-state index contributed by atoms with van der Waals surface area (Å²) in [5.74, 6) is 0.0148. The third-order valence-corrected chi connectivity index (χ3v) is 3.85. The molecule has 0 aromatic heterocycles. The van der Waals surface area contributed by atoms with Gasteiger partial charge in [0.25, 0.3) is 0 Å². The lowest BCUT2D eigenvalue weighted by Gasteiger charge is -2.12. The minimum Gasteiger partial charge on any atom is -0.366 e. The number of halogens is 2. The molecule has 1 heterocycles. The Morgan fingerprint density at radius 2 is 2.00 bits per heavy atom. The molecule has 1 aromatic carbocycles. The Morgan fingerprint density at radius 1 is 1.33 bits per heavy atom. The van der Waals surface area contributed by atoms with Crippen molar-refractivity contribution in [1.82, 2.24) is 0 Å². The van der Waals surface area contributed by atoms with Crippen LogP contribution in [0.1, 0.15) is 18.4 Å². The van der Waals surface area contributed by atoms with Gasteiger partial charge in [-0.2, -0.15) is 0 Å². The molecular formula is C13H15Cl2NO2. The van der Waals surface area contributed by atoms with Crippen LogP contribution >= 0.6 is 23.2 Å². The first-order chi connectivity index (χ1) is 8.61. The molecule has 2 N–H and O–H groups in total. The highest BCUT2D eigenvalue weighted by Gasteiger charge is 2.30. The fourth-order valence-corrected chi connectivity index (χ4v) is 2.64. The first kappa shape index (κ1) is 13.8. The van der Waals surface area contributed by atoms with E-state index in [2.05, 4.69) is 0 Å². The molecular weight excluding hydrogens is 273 g/mol. The van der Waals surface area contributed by atoms with E-state index in [1.54, 1.807) is 18.2 Å². The van der Waals surface area contributed by atoms with E-state index in [0.717, 1.165) is 12.8 Å². The Balaban J connectivity index is 2.04. The van der Waals surface area contributed by atoms with E-state index < -0.39 is 0 Å². The topological polar surface area (TPSA) is 52.3 Å². The van der Waals surface area contributed by atoms with Gasteiger partial charge in [0, 0.05) is 23.0 Å². The third kappa shape index (κ3) is 3.04. The van der Waals surface area contributed by atoms with E-state index in [1.165, 1.54) is 0 Å². The Bertz CT molecular complexity index is 430. The zero-order valence-electron chi connectivity index (χ0n) is 9.86. The predicted molar refractivity (Wildman–Crippen MR) is 72.1 cm³/mol. The molecule has 2 rings (SSSR count). The third-order valence-electron chi connectivity index (χ3n) is 3.14. The number of benzene rings is 1. The quantitative estimate of drug-likeness (QED) is 0.926. The summed E-state index contributed by atoms with van der Waals surface area (Å²) in [4.78, 5) is 12.1. The lowest BCUT2D eigenvalue weighted by molar-refractivity contribution is -0.128. The van der Waals surface area contributed by atoms with Crippen LogP contribution in [-0.4, -0.2) is 24.5 Å². The average molecular weight is 288 g/mol. The SMILES string of the molecule is NCC1CCC(C(=O)Cc2c(Cl)cccc2Cl)O1. The van der Waals surface area contributed by atoms with Crippen molar-refractivity contribution in [3.8, 4) is 0 Å². The number of carbonyl (C=O) groups excluding carboxylic acids is 1. The number of rotatable bonds is 4. The van der Waals surface area contributed by atoms with Crippen LogP contribution in [-0.2, 0) is 16.0 Å². The highest BCUT2D eigenvalue weighted by Crippen LogP contribution is 2.27. The van der Waals surface area contributed by atoms with Gasteiger partial charge in [-0.15, -0.1) is 0 Å². The summed E-state index contributed by atoms with van der Waals surface area (Å²) in [7, 11) is 0. The highest BCUT2D eigenvalue weighted by atomic mass is 35.5. The van der Waals surface area contributed by atoms with Crippen LogP contribution in [0, 0.1) is 0 Å². The van der Waals surface area contributed by atoms with Gasteiger partial charge in [0.05, 0.1) is 6.10 Å². The number of ketones is 1. The van der Waals surface area contributed by atoms with Crippen molar-refractivity contribution < 1.29 is 9.53 Å². The van der Waals surface area contributed by atoms with Gasteiger partial charge in [0.2, 0.25) is 0 Å². The first-order valence-corrected chi connectivity index (χ1v) is 6.68. The standard InChI is InChI=1S/C13H15Cl2NO2/c14-10-2-1-3-11(15)9(10)6-12(17)13-5-4-8(7-16)18-13/h1-3,8,13H,4-7,16H2. The summed E-state index contributed by atoms with van der Waals surface area (Å²) >= 11 is 12.1. The molecule has 1 aromatic rings. The molecule has 0 amide bonds. The van der Waals surface area contributed by atoms with E-state index in [0.29, 0.717) is 22.2 Å². The van der Waals surface area contributed by atoms with Crippen LogP contribution in [0.4, 0.5) is 0 Å². The maximum Gasteiger partial charge on any atom is 0.166 e. The lowest BCUT2D eigenvalue weighted by atomic mass is 10.0. The van der Waals surface area contributed by atoms with Crippen LogP contribution in [0.2, 0.25) is 10.0 Å². The number of Topliss-reactive ketones (excluding diaryl/α,β-unsaturated/α-hetero) is 1. The zero-order chi connectivity index (χ0) is 13.1. The van der Waals surface area contributed by atoms with Gasteiger partial charge in [-0.3, -0.25) is 4.79 Å². The molecule has 18 heavy (non-hydrogen) atoms. The van der Waals surface area contributed by atoms with Crippen LogP contribution in [0.15, 0.2) is 18.2 Å². The van der Waals surface area contributed by atoms with E-state index in [4.69, 9.17) is 33.7 Å². The van der Waals surface area contributed by atoms with Crippen LogP contribution in [0.3, 0.4) is 0 Å². The molecule has 3 nitrogen and oxygen atoms in total. The number of carbonyl (C=O) groups is 1. The molecule has 1 aliphatic rings. The summed E-state index contributed by atoms with van der Waals surface area (Å²) in [5, 5.41) is 1.04. The second-order valence-electron chi connectivity index (χ2n) is 4.40. The smallest absolute Gasteiger partial charge is 0.166 e. The van der Waals surface area contributed by atoms with Crippen LogP contribution in [0.25, 0.3) is 0 Å². The molecule has 1 saturated heterocycles. The molecule has 2 unspecified atom stereocenters. The number of ether oxygens (including phenoxy) is 1. The second-order valence-corrected chi connectivity index (χ2v) is 5.22. The van der Waals surface area contributed by atoms with E-state index >= 15 is 0 Å². The van der Waals surface area contributed by atoms with Gasteiger partial charge < -0.3 is 10.5 Å². The minimum absolute atomic E-state index is 0.000618. The molecule has 1 fully saturated rings. The molecule has 1 aliphatic heterocycles. The van der Waals surface area contributed by atoms with Crippen molar-refractivity contribution in [2.75, 3.05) is 6.54 Å². The Morgan fingerprint density at radius 3 is 2.56 bits per heavy atom. The Kier molecular flexibility index (Phi) is 4.62. The molecule has 98 valence electrons. The molecule has 0 aliphatic carbocycles. The summed E-state index contributed by atoms with van der Waals surface area (Å²) in [6.45, 7) is 0.455. The van der Waals surface area contributed by atoms with E-state index in [9.17, 15) is 4.79 Å². The number of hydrogen-bond donors (Lipinski definition) is 1. The summed E-state index contributed by atoms with van der Waals surface area (Å²) in [6, 6.07) is 5.22. The highest BCUT2D eigenvalue weighted by molar-refractivity contribution is 6.36.